The lowest BCUT2D eigenvalue weighted by Crippen LogP contribution is -2.40. The molecule has 184 valence electrons. The molecule has 0 aliphatic carbocycles. The minimum atomic E-state index is -0.922. The Hall–Kier alpha value is -3.21. The van der Waals surface area contributed by atoms with Crippen LogP contribution >= 0.6 is 38.9 Å². The van der Waals surface area contributed by atoms with Gasteiger partial charge in [0.05, 0.1) is 30.6 Å². The van der Waals surface area contributed by atoms with Crippen molar-refractivity contribution in [3.8, 4) is 5.75 Å². The zero-order chi connectivity index (χ0) is 25.7. The second-order valence-electron chi connectivity index (χ2n) is 8.03. The van der Waals surface area contributed by atoms with Crippen LogP contribution in [0, 0.1) is 0 Å². The van der Waals surface area contributed by atoms with Gasteiger partial charge in [0.15, 0.2) is 4.80 Å². The Morgan fingerprint density at radius 1 is 1.25 bits per heavy atom. The maximum absolute atomic E-state index is 14.0. The molecule has 5 rings (SSSR count). The Kier molecular flexibility index (Phi) is 6.36. The van der Waals surface area contributed by atoms with Gasteiger partial charge in [-0.3, -0.25) is 14.2 Å². The molecular formula is C25H19BrClN3O5S. The summed E-state index contributed by atoms with van der Waals surface area (Å²) in [4.78, 5) is 45.0. The highest BCUT2D eigenvalue weighted by Crippen LogP contribution is 2.38. The van der Waals surface area contributed by atoms with E-state index in [-0.39, 0.29) is 28.2 Å². The molecule has 11 heteroatoms. The molecule has 8 nitrogen and oxygen atoms in total. The smallest absolute Gasteiger partial charge is 0.338 e. The molecule has 0 spiro atoms. The number of nitrogens with zero attached hydrogens (tertiary/aromatic N) is 2. The molecule has 0 saturated heterocycles. The number of aromatic nitrogens is 1. The van der Waals surface area contributed by atoms with Crippen LogP contribution in [0.5, 0.6) is 5.75 Å². The molecule has 3 heterocycles. The topological polar surface area (TPSA) is 99.0 Å². The van der Waals surface area contributed by atoms with Crippen LogP contribution in [0.3, 0.4) is 0 Å². The van der Waals surface area contributed by atoms with E-state index < -0.39 is 17.6 Å². The van der Waals surface area contributed by atoms with Crippen molar-refractivity contribution < 1.29 is 19.1 Å². The van der Waals surface area contributed by atoms with Gasteiger partial charge in [0, 0.05) is 26.3 Å². The van der Waals surface area contributed by atoms with Crippen molar-refractivity contribution in [2.45, 2.75) is 19.9 Å². The van der Waals surface area contributed by atoms with Crippen LogP contribution in [0.1, 0.15) is 31.0 Å². The number of benzene rings is 2. The van der Waals surface area contributed by atoms with Crippen molar-refractivity contribution in [3.05, 3.63) is 88.0 Å². The monoisotopic (exact) mass is 587 g/mol. The van der Waals surface area contributed by atoms with E-state index in [1.165, 1.54) is 11.7 Å². The first-order valence-electron chi connectivity index (χ1n) is 10.9. The Balaban J connectivity index is 1.86. The third-order valence-corrected chi connectivity index (χ3v) is 7.71. The number of carbonyl (C=O) groups is 2. The van der Waals surface area contributed by atoms with E-state index in [1.807, 2.05) is 6.07 Å². The summed E-state index contributed by atoms with van der Waals surface area (Å²) >= 11 is 10.9. The molecule has 3 aromatic rings. The average Bonchev–Trinajstić information content (AvgIpc) is 3.32. The van der Waals surface area contributed by atoms with Crippen molar-refractivity contribution in [3.63, 3.8) is 0 Å². The largest absolute Gasteiger partial charge is 0.496 e. The molecule has 1 atom stereocenters. The number of rotatable bonds is 4. The van der Waals surface area contributed by atoms with Crippen LogP contribution in [0.4, 0.5) is 5.69 Å². The maximum Gasteiger partial charge on any atom is 0.338 e. The van der Waals surface area contributed by atoms with Gasteiger partial charge in [-0.1, -0.05) is 38.9 Å². The fraction of sp³-hybridized carbons (Fsp3) is 0.200. The summed E-state index contributed by atoms with van der Waals surface area (Å²) in [6, 6.07) is 9.43. The van der Waals surface area contributed by atoms with Gasteiger partial charge in [0.1, 0.15) is 16.3 Å². The minimum absolute atomic E-state index is 0.148. The lowest BCUT2D eigenvalue weighted by Gasteiger charge is -2.26. The molecule has 0 saturated carbocycles. The first-order valence-corrected chi connectivity index (χ1v) is 12.9. The fourth-order valence-corrected chi connectivity index (χ4v) is 6.10. The number of allylic oxidation sites excluding steroid dienone is 1. The van der Waals surface area contributed by atoms with Crippen molar-refractivity contribution in [1.82, 2.24) is 4.57 Å². The third-order valence-electron chi connectivity index (χ3n) is 5.93. The number of amides is 1. The molecule has 2 aliphatic heterocycles. The van der Waals surface area contributed by atoms with E-state index in [4.69, 9.17) is 21.1 Å². The van der Waals surface area contributed by atoms with Gasteiger partial charge < -0.3 is 14.8 Å². The van der Waals surface area contributed by atoms with Gasteiger partial charge in [0.25, 0.3) is 11.5 Å². The van der Waals surface area contributed by atoms with Gasteiger partial charge in [-0.05, 0) is 50.2 Å². The highest BCUT2D eigenvalue weighted by atomic mass is 79.9. The highest BCUT2D eigenvalue weighted by molar-refractivity contribution is 9.10. The zero-order valence-electron chi connectivity index (χ0n) is 19.3. The van der Waals surface area contributed by atoms with Crippen LogP contribution in [0.25, 0.3) is 5.57 Å². The average molecular weight is 589 g/mol. The van der Waals surface area contributed by atoms with E-state index in [0.29, 0.717) is 38.1 Å². The predicted molar refractivity (Wildman–Crippen MR) is 140 cm³/mol. The first-order chi connectivity index (χ1) is 17.2. The molecule has 1 N–H and O–H groups in total. The molecule has 0 unspecified atom stereocenters. The molecule has 0 radical (unpaired) electrons. The summed E-state index contributed by atoms with van der Waals surface area (Å²) in [5, 5.41) is 3.22. The van der Waals surface area contributed by atoms with Gasteiger partial charge in [-0.25, -0.2) is 9.79 Å². The van der Waals surface area contributed by atoms with Crippen molar-refractivity contribution >= 4 is 62.0 Å². The number of methoxy groups -OCH3 is 1. The summed E-state index contributed by atoms with van der Waals surface area (Å²) in [6.45, 7) is 3.54. The summed E-state index contributed by atoms with van der Waals surface area (Å²) in [5.74, 6) is -0.546. The first kappa shape index (κ1) is 24.5. The maximum atomic E-state index is 14.0. The van der Waals surface area contributed by atoms with E-state index in [9.17, 15) is 14.4 Å². The number of anilines is 1. The summed E-state index contributed by atoms with van der Waals surface area (Å²) < 4.78 is 13.3. The number of ether oxygens (including phenoxy) is 2. The van der Waals surface area contributed by atoms with Crippen molar-refractivity contribution in [1.29, 1.82) is 0 Å². The normalized spacial score (nSPS) is 17.8. The van der Waals surface area contributed by atoms with Crippen LogP contribution in [-0.2, 0) is 14.3 Å². The van der Waals surface area contributed by atoms with Crippen molar-refractivity contribution in [2.24, 2.45) is 4.99 Å². The quantitative estimate of drug-likeness (QED) is 0.470. The molecule has 2 aliphatic rings. The number of thiazole rings is 1. The van der Waals surface area contributed by atoms with E-state index in [0.717, 1.165) is 15.8 Å². The minimum Gasteiger partial charge on any atom is -0.496 e. The van der Waals surface area contributed by atoms with Crippen LogP contribution in [-0.4, -0.2) is 30.2 Å². The van der Waals surface area contributed by atoms with Crippen molar-refractivity contribution in [2.75, 3.05) is 19.0 Å². The van der Waals surface area contributed by atoms with E-state index in [2.05, 4.69) is 26.2 Å². The Morgan fingerprint density at radius 2 is 2.03 bits per heavy atom. The lowest BCUT2D eigenvalue weighted by molar-refractivity contribution is -0.139. The lowest BCUT2D eigenvalue weighted by atomic mass is 9.95. The molecular weight excluding hydrogens is 570 g/mol. The predicted octanol–water partition coefficient (Wildman–Crippen LogP) is 3.55. The van der Waals surface area contributed by atoms with Crippen LogP contribution in [0.15, 0.2) is 61.9 Å². The number of hydrogen-bond donors (Lipinski definition) is 1. The third kappa shape index (κ3) is 3.89. The SMILES string of the molecule is CCOC(=O)C1=C(C)N=c2s/c(=C3/C(=O)Nc4ccc(Br)cc43)c(=O)n2[C@H]1c1cc(Cl)ccc1OC. The number of esters is 1. The summed E-state index contributed by atoms with van der Waals surface area (Å²) in [7, 11) is 1.50. The van der Waals surface area contributed by atoms with E-state index >= 15 is 0 Å². The standard InChI is InChI=1S/C25H19BrClN3O5S/c1-4-35-24(33)18-11(2)28-25-30(20(18)15-10-13(27)6-8-17(15)34-3)23(32)21(36-25)19-14-9-12(26)5-7-16(14)29-22(19)31/h5-10,20H,4H2,1-3H3,(H,29,31)/b21-19+/t20-/m0/s1. The molecule has 2 aromatic carbocycles. The van der Waals surface area contributed by atoms with Gasteiger partial charge in [-0.15, -0.1) is 0 Å². The molecule has 0 fully saturated rings. The number of nitrogens with one attached hydrogen (secondary N) is 1. The Labute approximate surface area is 222 Å². The molecule has 1 aromatic heterocycles. The molecule has 36 heavy (non-hydrogen) atoms. The fourth-order valence-electron chi connectivity index (χ4n) is 4.42. The molecule has 1 amide bonds. The summed E-state index contributed by atoms with van der Waals surface area (Å²) in [5.41, 5.74) is 2.11. The molecule has 0 bridgehead atoms. The highest BCUT2D eigenvalue weighted by Gasteiger charge is 2.36. The number of halogens is 2. The number of hydrogen-bond acceptors (Lipinski definition) is 7. The van der Waals surface area contributed by atoms with Gasteiger partial charge in [-0.2, -0.15) is 0 Å². The Morgan fingerprint density at radius 3 is 2.75 bits per heavy atom. The van der Waals surface area contributed by atoms with Gasteiger partial charge >= 0.3 is 5.97 Å². The second kappa shape index (κ2) is 9.34. The number of carbonyl (C=O) groups excluding carboxylic acids is 2. The van der Waals surface area contributed by atoms with Crippen LogP contribution < -0.4 is 24.9 Å². The Bertz CT molecular complexity index is 1670. The number of fused-ring (bicyclic) bond motifs is 2. The summed E-state index contributed by atoms with van der Waals surface area (Å²) in [6.07, 6.45) is 0. The second-order valence-corrected chi connectivity index (χ2v) is 10.4. The zero-order valence-corrected chi connectivity index (χ0v) is 22.5. The van der Waals surface area contributed by atoms with Gasteiger partial charge in [0.2, 0.25) is 0 Å². The van der Waals surface area contributed by atoms with E-state index in [1.54, 1.807) is 44.2 Å². The van der Waals surface area contributed by atoms with Crippen LogP contribution in [0.2, 0.25) is 5.02 Å².